The molecular weight excluding hydrogens is 188 g/mol. The van der Waals surface area contributed by atoms with Gasteiger partial charge in [0, 0.05) is 6.21 Å². The third-order valence-electron chi connectivity index (χ3n) is 1.77. The molecule has 0 aliphatic carbocycles. The molecule has 15 heavy (non-hydrogen) atoms. The number of allylic oxidation sites excluding steroid dienone is 1. The number of benzene rings is 1. The van der Waals surface area contributed by atoms with Crippen LogP contribution in [0.2, 0.25) is 0 Å². The maximum atomic E-state index is 8.67. The molecule has 1 aromatic rings. The molecule has 0 radical (unpaired) electrons. The Labute approximate surface area is 89.3 Å². The van der Waals surface area contributed by atoms with E-state index in [1.165, 1.54) is 18.9 Å². The lowest BCUT2D eigenvalue weighted by atomic mass is 10.2. The smallest absolute Gasteiger partial charge is 0.174 e. The van der Waals surface area contributed by atoms with Gasteiger partial charge in [-0.15, -0.1) is 0 Å². The average Bonchev–Trinajstić information content (AvgIpc) is 2.26. The monoisotopic (exact) mass is 200 g/mol. The topological polar surface area (TPSA) is 45.4 Å². The van der Waals surface area contributed by atoms with Gasteiger partial charge >= 0.3 is 0 Å². The summed E-state index contributed by atoms with van der Waals surface area (Å²) in [4.78, 5) is 3.98. The molecule has 1 rings (SSSR count). The van der Waals surface area contributed by atoms with E-state index in [2.05, 4.69) is 4.99 Å². The lowest BCUT2D eigenvalue weighted by Gasteiger charge is -1.94. The number of ether oxygens (including phenoxy) is 1. The predicted molar refractivity (Wildman–Crippen MR) is 59.5 cm³/mol. The summed E-state index contributed by atoms with van der Waals surface area (Å²) < 4.78 is 4.70. The van der Waals surface area contributed by atoms with E-state index in [0.29, 0.717) is 0 Å². The number of rotatable bonds is 3. The molecule has 0 aliphatic heterocycles. The Morgan fingerprint density at radius 3 is 2.60 bits per heavy atom. The molecule has 0 aliphatic rings. The fraction of sp³-hybridized carbons (Fsp3) is 0.167. The largest absolute Gasteiger partial charge is 0.501 e. The van der Waals surface area contributed by atoms with Crippen molar-refractivity contribution in [3.05, 3.63) is 47.4 Å². The third-order valence-corrected chi connectivity index (χ3v) is 1.77. The summed E-state index contributed by atoms with van der Waals surface area (Å²) in [6.45, 7) is 2.02. The van der Waals surface area contributed by atoms with Crippen LogP contribution in [-0.2, 0) is 4.74 Å². The normalized spacial score (nSPS) is 11.4. The number of hydrogen-bond acceptors (Lipinski definition) is 3. The van der Waals surface area contributed by atoms with Gasteiger partial charge in [-0.05, 0) is 12.5 Å². The van der Waals surface area contributed by atoms with Gasteiger partial charge in [0.15, 0.2) is 5.70 Å². The van der Waals surface area contributed by atoms with Crippen LogP contribution in [0.15, 0.2) is 41.2 Å². The molecule has 0 atom stereocenters. The number of hydrogen-bond donors (Lipinski definition) is 0. The molecule has 1 aromatic carbocycles. The fourth-order valence-electron chi connectivity index (χ4n) is 0.994. The zero-order valence-electron chi connectivity index (χ0n) is 8.77. The quantitative estimate of drug-likeness (QED) is 0.427. The van der Waals surface area contributed by atoms with Crippen molar-refractivity contribution < 1.29 is 4.74 Å². The van der Waals surface area contributed by atoms with E-state index in [1.807, 2.05) is 37.3 Å². The van der Waals surface area contributed by atoms with E-state index in [4.69, 9.17) is 10.00 Å². The molecule has 0 bridgehead atoms. The Hall–Kier alpha value is -2.08. The number of aliphatic imine (C=N–C) groups is 1. The minimum atomic E-state index is 0.248. The molecule has 0 amide bonds. The van der Waals surface area contributed by atoms with Crippen LogP contribution in [0, 0.1) is 18.3 Å². The van der Waals surface area contributed by atoms with E-state index in [1.54, 1.807) is 6.21 Å². The maximum absolute atomic E-state index is 8.67. The van der Waals surface area contributed by atoms with E-state index >= 15 is 0 Å². The van der Waals surface area contributed by atoms with Gasteiger partial charge in [0.2, 0.25) is 0 Å². The van der Waals surface area contributed by atoms with Crippen molar-refractivity contribution in [2.24, 2.45) is 4.99 Å². The number of methoxy groups -OCH3 is 1. The Balaban J connectivity index is 2.77. The van der Waals surface area contributed by atoms with Crippen LogP contribution in [0.3, 0.4) is 0 Å². The molecule has 0 fully saturated rings. The molecular formula is C12H12N2O. The lowest BCUT2D eigenvalue weighted by Crippen LogP contribution is -1.83. The van der Waals surface area contributed by atoms with Gasteiger partial charge in [-0.2, -0.15) is 5.26 Å². The third kappa shape index (κ3) is 3.65. The standard InChI is InChI=1S/C12H12N2O/c1-10-3-5-11(6-4-10)8-14-12(7-13)9-15-2/h3-6,8-9H,1-2H3/b12-9-,14-8?. The minimum Gasteiger partial charge on any atom is -0.501 e. The lowest BCUT2D eigenvalue weighted by molar-refractivity contribution is 0.335. The molecule has 0 aromatic heterocycles. The summed E-state index contributed by atoms with van der Waals surface area (Å²) >= 11 is 0. The van der Waals surface area contributed by atoms with Crippen LogP contribution in [-0.4, -0.2) is 13.3 Å². The van der Waals surface area contributed by atoms with Gasteiger partial charge in [0.05, 0.1) is 7.11 Å². The first-order valence-corrected chi connectivity index (χ1v) is 4.50. The minimum absolute atomic E-state index is 0.248. The summed E-state index contributed by atoms with van der Waals surface area (Å²) in [5.74, 6) is 0. The van der Waals surface area contributed by atoms with Crippen LogP contribution in [0.1, 0.15) is 11.1 Å². The summed E-state index contributed by atoms with van der Waals surface area (Å²) in [7, 11) is 1.48. The van der Waals surface area contributed by atoms with E-state index in [-0.39, 0.29) is 5.70 Å². The van der Waals surface area contributed by atoms with Crippen LogP contribution < -0.4 is 0 Å². The second-order valence-electron chi connectivity index (χ2n) is 3.02. The average molecular weight is 200 g/mol. The second-order valence-corrected chi connectivity index (χ2v) is 3.02. The van der Waals surface area contributed by atoms with Crippen molar-refractivity contribution in [3.63, 3.8) is 0 Å². The van der Waals surface area contributed by atoms with Gasteiger partial charge in [-0.25, -0.2) is 4.99 Å². The molecule has 0 heterocycles. The molecule has 76 valence electrons. The van der Waals surface area contributed by atoms with Gasteiger partial charge in [0.25, 0.3) is 0 Å². The van der Waals surface area contributed by atoms with Crippen LogP contribution in [0.5, 0.6) is 0 Å². The molecule has 0 N–H and O–H groups in total. The summed E-state index contributed by atoms with van der Waals surface area (Å²) in [5, 5.41) is 8.67. The zero-order valence-corrected chi connectivity index (χ0v) is 8.77. The second kappa shape index (κ2) is 5.61. The van der Waals surface area contributed by atoms with Crippen molar-refractivity contribution in [3.8, 4) is 6.07 Å². The van der Waals surface area contributed by atoms with Crippen molar-refractivity contribution in [1.82, 2.24) is 0 Å². The Morgan fingerprint density at radius 1 is 1.40 bits per heavy atom. The van der Waals surface area contributed by atoms with Gasteiger partial charge in [-0.3, -0.25) is 0 Å². The number of nitrogens with zero attached hydrogens (tertiary/aromatic N) is 2. The first kappa shape index (κ1) is 11.0. The molecule has 0 saturated heterocycles. The number of nitriles is 1. The van der Waals surface area contributed by atoms with Gasteiger partial charge in [-0.1, -0.05) is 29.8 Å². The molecule has 3 nitrogen and oxygen atoms in total. The first-order valence-electron chi connectivity index (χ1n) is 4.50. The van der Waals surface area contributed by atoms with E-state index in [0.717, 1.165) is 5.56 Å². The zero-order chi connectivity index (χ0) is 11.1. The van der Waals surface area contributed by atoms with E-state index in [9.17, 15) is 0 Å². The van der Waals surface area contributed by atoms with Crippen molar-refractivity contribution in [2.45, 2.75) is 6.92 Å². The maximum Gasteiger partial charge on any atom is 0.174 e. The van der Waals surface area contributed by atoms with Crippen molar-refractivity contribution >= 4 is 6.21 Å². The summed E-state index contributed by atoms with van der Waals surface area (Å²) in [6, 6.07) is 9.80. The van der Waals surface area contributed by atoms with Gasteiger partial charge in [0.1, 0.15) is 12.3 Å². The number of aryl methyl sites for hydroxylation is 1. The predicted octanol–water partition coefficient (Wildman–Crippen LogP) is 2.43. The molecule has 0 spiro atoms. The van der Waals surface area contributed by atoms with Crippen LogP contribution >= 0.6 is 0 Å². The highest BCUT2D eigenvalue weighted by atomic mass is 16.5. The Bertz CT molecular complexity index is 410. The highest BCUT2D eigenvalue weighted by molar-refractivity contribution is 5.80. The summed E-state index contributed by atoms with van der Waals surface area (Å²) in [5.41, 5.74) is 2.40. The van der Waals surface area contributed by atoms with Crippen LogP contribution in [0.4, 0.5) is 0 Å². The SMILES string of the molecule is CO/C=C(/C#N)N=Cc1ccc(C)cc1. The van der Waals surface area contributed by atoms with Crippen molar-refractivity contribution in [2.75, 3.05) is 7.11 Å². The van der Waals surface area contributed by atoms with Crippen molar-refractivity contribution in [1.29, 1.82) is 5.26 Å². The molecule has 0 unspecified atom stereocenters. The van der Waals surface area contributed by atoms with Gasteiger partial charge < -0.3 is 4.74 Å². The Kier molecular flexibility index (Phi) is 4.11. The van der Waals surface area contributed by atoms with E-state index < -0.39 is 0 Å². The highest BCUT2D eigenvalue weighted by Gasteiger charge is 1.90. The fourth-order valence-corrected chi connectivity index (χ4v) is 0.994. The molecule has 0 saturated carbocycles. The summed E-state index contributed by atoms with van der Waals surface area (Å²) in [6.07, 6.45) is 2.94. The van der Waals surface area contributed by atoms with Crippen LogP contribution in [0.25, 0.3) is 0 Å². The highest BCUT2D eigenvalue weighted by Crippen LogP contribution is 2.02. The Morgan fingerprint density at radius 2 is 2.07 bits per heavy atom. The first-order chi connectivity index (χ1) is 7.26. The molecule has 3 heteroatoms.